The van der Waals surface area contributed by atoms with Gasteiger partial charge in [0.25, 0.3) is 5.91 Å². The molecule has 2 aromatic rings. The van der Waals surface area contributed by atoms with Crippen molar-refractivity contribution in [2.24, 2.45) is 5.92 Å². The Morgan fingerprint density at radius 1 is 1.07 bits per heavy atom. The summed E-state index contributed by atoms with van der Waals surface area (Å²) in [6.07, 6.45) is -0.190. The summed E-state index contributed by atoms with van der Waals surface area (Å²) >= 11 is 0. The molecule has 4 rings (SSSR count). The number of hydrogen-bond acceptors (Lipinski definition) is 9. The predicted octanol–water partition coefficient (Wildman–Crippen LogP) is 3.25. The molecule has 1 saturated heterocycles. The topological polar surface area (TPSA) is 117 Å². The van der Waals surface area contributed by atoms with Crippen LogP contribution in [0.3, 0.4) is 0 Å². The van der Waals surface area contributed by atoms with Gasteiger partial charge in [0.1, 0.15) is 19.3 Å². The van der Waals surface area contributed by atoms with Crippen molar-refractivity contribution >= 4 is 12.0 Å². The molecular formula is C30H41N3O8. The molecule has 0 radical (unpaired) electrons. The number of alkyl carbamates (subject to hydrolysis) is 1. The number of para-hydroxylation sites is 1. The first-order valence-electron chi connectivity index (χ1n) is 14.0. The number of nitrogens with one attached hydrogen (secondary N) is 2. The minimum absolute atomic E-state index is 0.0720. The molecule has 0 unspecified atom stereocenters. The average molecular weight is 572 g/mol. The van der Waals surface area contributed by atoms with Crippen molar-refractivity contribution in [1.82, 2.24) is 15.5 Å². The zero-order chi connectivity index (χ0) is 29.2. The molecule has 0 bridgehead atoms. The van der Waals surface area contributed by atoms with Gasteiger partial charge in [0.2, 0.25) is 0 Å². The molecule has 2 aliphatic heterocycles. The standard InChI is InChI=1S/C30H41N3O8/c1-20(2)33(29(34)21-9-10-24(37-4)26(15-21)38-12-6-11-36-3)19-23-16-31-18-27(23)41-30(35)32-17-22-7-5-8-25-28(22)40-14-13-39-25/h5,7-10,15,20,23,27,31H,6,11-14,16-19H2,1-4H3,(H,32,35)/t23-,27+/m0/s1. The number of ether oxygens (including phenoxy) is 6. The molecule has 2 atom stereocenters. The first-order valence-corrected chi connectivity index (χ1v) is 14.0. The van der Waals surface area contributed by atoms with Gasteiger partial charge >= 0.3 is 6.09 Å². The summed E-state index contributed by atoms with van der Waals surface area (Å²) in [6, 6.07) is 10.7. The van der Waals surface area contributed by atoms with Gasteiger partial charge in [-0.15, -0.1) is 0 Å². The Bertz CT molecular complexity index is 1170. The molecule has 11 heteroatoms. The van der Waals surface area contributed by atoms with Gasteiger partial charge < -0.3 is 44.0 Å². The lowest BCUT2D eigenvalue weighted by Gasteiger charge is -2.31. The van der Waals surface area contributed by atoms with E-state index in [4.69, 9.17) is 28.4 Å². The first-order chi connectivity index (χ1) is 19.9. The van der Waals surface area contributed by atoms with Crippen LogP contribution in [0.4, 0.5) is 4.79 Å². The Balaban J connectivity index is 1.36. The monoisotopic (exact) mass is 571 g/mol. The van der Waals surface area contributed by atoms with Crippen molar-refractivity contribution in [3.8, 4) is 23.0 Å². The molecule has 2 amide bonds. The molecule has 41 heavy (non-hydrogen) atoms. The highest BCUT2D eigenvalue weighted by molar-refractivity contribution is 5.95. The summed E-state index contributed by atoms with van der Waals surface area (Å²) in [5.74, 6) is 2.18. The van der Waals surface area contributed by atoms with Crippen molar-refractivity contribution in [2.45, 2.75) is 39.0 Å². The van der Waals surface area contributed by atoms with Crippen LogP contribution in [0.1, 0.15) is 36.2 Å². The van der Waals surface area contributed by atoms with Crippen LogP contribution in [0.25, 0.3) is 0 Å². The molecule has 0 spiro atoms. The van der Waals surface area contributed by atoms with Crippen LogP contribution in [0.5, 0.6) is 23.0 Å². The highest BCUT2D eigenvalue weighted by Crippen LogP contribution is 2.33. The van der Waals surface area contributed by atoms with Crippen molar-refractivity contribution in [3.63, 3.8) is 0 Å². The van der Waals surface area contributed by atoms with Gasteiger partial charge in [-0.3, -0.25) is 4.79 Å². The molecule has 0 aliphatic carbocycles. The number of carbonyl (C=O) groups excluding carboxylic acids is 2. The second kappa shape index (κ2) is 14.8. The maximum Gasteiger partial charge on any atom is 0.407 e. The number of hydrogen-bond donors (Lipinski definition) is 2. The Hall–Kier alpha value is -3.70. The van der Waals surface area contributed by atoms with E-state index in [9.17, 15) is 9.59 Å². The van der Waals surface area contributed by atoms with Crippen LogP contribution < -0.4 is 29.6 Å². The van der Waals surface area contributed by atoms with E-state index in [1.165, 1.54) is 0 Å². The molecular weight excluding hydrogens is 530 g/mol. The SMILES string of the molecule is COCCCOc1cc(C(=O)N(C[C@@H]2CNC[C@H]2OC(=O)NCc2cccc3c2OCCO3)C(C)C)ccc1OC. The zero-order valence-corrected chi connectivity index (χ0v) is 24.3. The van der Waals surface area contributed by atoms with Crippen LogP contribution in [0.2, 0.25) is 0 Å². The molecule has 224 valence electrons. The molecule has 2 heterocycles. The normalized spacial score (nSPS) is 17.7. The molecule has 2 aliphatic rings. The van der Waals surface area contributed by atoms with Crippen LogP contribution in [0.15, 0.2) is 36.4 Å². The van der Waals surface area contributed by atoms with E-state index in [0.29, 0.717) is 74.6 Å². The summed E-state index contributed by atoms with van der Waals surface area (Å²) in [5, 5.41) is 6.12. The third kappa shape index (κ3) is 7.95. The van der Waals surface area contributed by atoms with Gasteiger partial charge in [0, 0.05) is 69.4 Å². The maximum atomic E-state index is 13.7. The predicted molar refractivity (Wildman–Crippen MR) is 152 cm³/mol. The minimum Gasteiger partial charge on any atom is -0.493 e. The summed E-state index contributed by atoms with van der Waals surface area (Å²) in [7, 11) is 3.21. The summed E-state index contributed by atoms with van der Waals surface area (Å²) in [6.45, 7) is 7.75. The Kier molecular flexibility index (Phi) is 10.9. The number of nitrogens with zero attached hydrogens (tertiary/aromatic N) is 1. The lowest BCUT2D eigenvalue weighted by Crippen LogP contribution is -2.44. The van der Waals surface area contributed by atoms with Gasteiger partial charge in [-0.05, 0) is 38.1 Å². The van der Waals surface area contributed by atoms with Gasteiger partial charge in [-0.25, -0.2) is 4.79 Å². The van der Waals surface area contributed by atoms with Crippen LogP contribution in [0, 0.1) is 5.92 Å². The second-order valence-corrected chi connectivity index (χ2v) is 10.3. The van der Waals surface area contributed by atoms with Crippen molar-refractivity contribution in [2.75, 3.05) is 60.3 Å². The zero-order valence-electron chi connectivity index (χ0n) is 24.3. The largest absolute Gasteiger partial charge is 0.493 e. The van der Waals surface area contributed by atoms with Crippen LogP contribution in [-0.2, 0) is 16.0 Å². The molecule has 2 aromatic carbocycles. The van der Waals surface area contributed by atoms with E-state index in [-0.39, 0.29) is 30.5 Å². The number of methoxy groups -OCH3 is 2. The maximum absolute atomic E-state index is 13.7. The van der Waals surface area contributed by atoms with Crippen molar-refractivity contribution < 1.29 is 38.0 Å². The van der Waals surface area contributed by atoms with E-state index in [2.05, 4.69) is 10.6 Å². The smallest absolute Gasteiger partial charge is 0.407 e. The average Bonchev–Trinajstić information content (AvgIpc) is 3.42. The van der Waals surface area contributed by atoms with Crippen molar-refractivity contribution in [1.29, 1.82) is 0 Å². The van der Waals surface area contributed by atoms with E-state index in [1.807, 2.05) is 32.0 Å². The van der Waals surface area contributed by atoms with Gasteiger partial charge in [-0.1, -0.05) is 12.1 Å². The summed E-state index contributed by atoms with van der Waals surface area (Å²) < 4.78 is 33.5. The van der Waals surface area contributed by atoms with Crippen LogP contribution in [-0.4, -0.2) is 89.3 Å². The Morgan fingerprint density at radius 2 is 1.90 bits per heavy atom. The molecule has 2 N–H and O–H groups in total. The lowest BCUT2D eigenvalue weighted by molar-refractivity contribution is 0.0521. The number of fused-ring (bicyclic) bond motifs is 1. The highest BCUT2D eigenvalue weighted by atomic mass is 16.6. The fraction of sp³-hybridized carbons (Fsp3) is 0.533. The number of rotatable bonds is 13. The lowest BCUT2D eigenvalue weighted by atomic mass is 10.0. The van der Waals surface area contributed by atoms with Gasteiger partial charge in [0.05, 0.1) is 13.7 Å². The third-order valence-corrected chi connectivity index (χ3v) is 7.08. The van der Waals surface area contributed by atoms with Crippen LogP contribution >= 0.6 is 0 Å². The fourth-order valence-electron chi connectivity index (χ4n) is 4.90. The van der Waals surface area contributed by atoms with E-state index >= 15 is 0 Å². The first kappa shape index (κ1) is 30.3. The third-order valence-electron chi connectivity index (χ3n) is 7.08. The quantitative estimate of drug-likeness (QED) is 0.350. The number of amides is 2. The number of benzene rings is 2. The van der Waals surface area contributed by atoms with Crippen molar-refractivity contribution in [3.05, 3.63) is 47.5 Å². The second-order valence-electron chi connectivity index (χ2n) is 10.3. The molecule has 1 fully saturated rings. The fourth-order valence-corrected chi connectivity index (χ4v) is 4.90. The Labute approximate surface area is 241 Å². The van der Waals surface area contributed by atoms with E-state index < -0.39 is 6.09 Å². The summed E-state index contributed by atoms with van der Waals surface area (Å²) in [4.78, 5) is 28.2. The minimum atomic E-state index is -0.522. The molecule has 0 aromatic heterocycles. The van der Waals surface area contributed by atoms with Gasteiger partial charge in [-0.2, -0.15) is 0 Å². The Morgan fingerprint density at radius 3 is 2.68 bits per heavy atom. The summed E-state index contributed by atoms with van der Waals surface area (Å²) in [5.41, 5.74) is 1.32. The highest BCUT2D eigenvalue weighted by Gasteiger charge is 2.34. The molecule has 0 saturated carbocycles. The number of carbonyl (C=O) groups is 2. The van der Waals surface area contributed by atoms with E-state index in [1.54, 1.807) is 37.3 Å². The molecule has 11 nitrogen and oxygen atoms in total. The van der Waals surface area contributed by atoms with Gasteiger partial charge in [0.15, 0.2) is 23.0 Å². The van der Waals surface area contributed by atoms with E-state index in [0.717, 1.165) is 12.0 Å².